The Labute approximate surface area is 135 Å². The van der Waals surface area contributed by atoms with Crippen LogP contribution < -0.4 is 15.2 Å². The molecule has 24 heavy (non-hydrogen) atoms. The molecule has 11 heteroatoms. The Hall–Kier alpha value is -2.75. The molecule has 0 saturated carbocycles. The Morgan fingerprint density at radius 1 is 1.25 bits per heavy atom. The number of halogens is 5. The lowest BCUT2D eigenvalue weighted by Crippen LogP contribution is -2.25. The number of aromatic carboxylic acids is 1. The highest BCUT2D eigenvalue weighted by Crippen LogP contribution is 2.45. The number of aromatic nitrogens is 1. The quantitative estimate of drug-likeness (QED) is 0.794. The molecule has 0 spiro atoms. The fraction of sp³-hybridized carbons (Fsp3) is 0.0769. The number of nitrogens with two attached hydrogens (primary N) is 1. The number of carbonyl (C=O) groups is 1. The number of hydrogen-bond acceptors (Lipinski definition) is 5. The summed E-state index contributed by atoms with van der Waals surface area (Å²) in [6.07, 6.45) is -4.01. The SMILES string of the molecule is Nc1c(F)c(-c2cc3c(cc2F)OC(F)(F)O3)nc(C(=O)O)c1Cl. The minimum absolute atomic E-state index is 0.526. The molecule has 1 aromatic carbocycles. The molecular weight excluding hydrogens is 360 g/mol. The molecule has 0 radical (unpaired) electrons. The zero-order chi connectivity index (χ0) is 17.8. The highest BCUT2D eigenvalue weighted by Gasteiger charge is 2.44. The Morgan fingerprint density at radius 2 is 1.83 bits per heavy atom. The van der Waals surface area contributed by atoms with E-state index in [0.29, 0.717) is 12.1 Å². The van der Waals surface area contributed by atoms with Gasteiger partial charge >= 0.3 is 12.3 Å². The second-order valence-corrected chi connectivity index (χ2v) is 4.98. The number of ether oxygens (including phenoxy) is 2. The number of anilines is 1. The van der Waals surface area contributed by atoms with Gasteiger partial charge in [0.2, 0.25) is 0 Å². The second kappa shape index (κ2) is 5.13. The summed E-state index contributed by atoms with van der Waals surface area (Å²) in [5.74, 6) is -5.35. The zero-order valence-corrected chi connectivity index (χ0v) is 12.0. The van der Waals surface area contributed by atoms with E-state index in [2.05, 4.69) is 14.5 Å². The van der Waals surface area contributed by atoms with Crippen LogP contribution in [0.1, 0.15) is 10.5 Å². The van der Waals surface area contributed by atoms with Crippen molar-refractivity contribution < 1.29 is 36.9 Å². The topological polar surface area (TPSA) is 94.7 Å². The number of fused-ring (bicyclic) bond motifs is 1. The first-order valence-corrected chi connectivity index (χ1v) is 6.46. The van der Waals surface area contributed by atoms with Crippen molar-refractivity contribution in [2.45, 2.75) is 6.29 Å². The average Bonchev–Trinajstić information content (AvgIpc) is 2.77. The molecule has 0 atom stereocenters. The van der Waals surface area contributed by atoms with Gasteiger partial charge in [0.25, 0.3) is 0 Å². The molecule has 2 aromatic rings. The number of nitrogens with zero attached hydrogens (tertiary/aromatic N) is 1. The number of rotatable bonds is 2. The highest BCUT2D eigenvalue weighted by atomic mass is 35.5. The summed E-state index contributed by atoms with van der Waals surface area (Å²) in [5, 5.41) is 8.31. The van der Waals surface area contributed by atoms with E-state index in [9.17, 15) is 22.4 Å². The van der Waals surface area contributed by atoms with Crippen LogP contribution in [0.5, 0.6) is 11.5 Å². The van der Waals surface area contributed by atoms with Gasteiger partial charge < -0.3 is 20.3 Å². The number of carboxylic acid groups (broad SMARTS) is 1. The molecule has 0 unspecified atom stereocenters. The molecule has 0 aliphatic carbocycles. The van der Waals surface area contributed by atoms with Crippen molar-refractivity contribution in [3.63, 3.8) is 0 Å². The molecule has 3 rings (SSSR count). The normalized spacial score (nSPS) is 14.7. The first-order valence-electron chi connectivity index (χ1n) is 6.08. The lowest BCUT2D eigenvalue weighted by molar-refractivity contribution is -0.286. The van der Waals surface area contributed by atoms with Crippen molar-refractivity contribution in [3.8, 4) is 22.8 Å². The fourth-order valence-electron chi connectivity index (χ4n) is 2.03. The van der Waals surface area contributed by atoms with Crippen molar-refractivity contribution in [2.24, 2.45) is 0 Å². The number of benzene rings is 1. The van der Waals surface area contributed by atoms with Crippen molar-refractivity contribution in [1.82, 2.24) is 4.98 Å². The van der Waals surface area contributed by atoms with Crippen LogP contribution >= 0.6 is 11.6 Å². The number of carboxylic acids is 1. The summed E-state index contributed by atoms with van der Waals surface area (Å²) in [5.41, 5.74) is 2.27. The van der Waals surface area contributed by atoms with Gasteiger partial charge in [0.1, 0.15) is 11.5 Å². The molecule has 1 aromatic heterocycles. The summed E-state index contributed by atoms with van der Waals surface area (Å²) < 4.78 is 62.5. The summed E-state index contributed by atoms with van der Waals surface area (Å²) in [4.78, 5) is 14.5. The molecule has 0 bridgehead atoms. The Kier molecular flexibility index (Phi) is 3.44. The Bertz CT molecular complexity index is 891. The van der Waals surface area contributed by atoms with Crippen LogP contribution in [-0.2, 0) is 0 Å². The van der Waals surface area contributed by atoms with E-state index in [1.165, 1.54) is 0 Å². The monoisotopic (exact) mass is 364 g/mol. The summed E-state index contributed by atoms with van der Waals surface area (Å²) >= 11 is 5.58. The lowest BCUT2D eigenvalue weighted by Gasteiger charge is -2.10. The smallest absolute Gasteiger partial charge is 0.476 e. The standard InChI is InChI=1S/C13H5ClF4N2O4/c14-7-9(19)8(16)10(20-11(7)12(21)22)3-1-5-6(2-4(3)15)24-13(17,18)23-5/h1-2H,(H2,19,20)(H,21,22). The predicted molar refractivity (Wildman–Crippen MR) is 72.2 cm³/mol. The van der Waals surface area contributed by atoms with E-state index in [1.54, 1.807) is 0 Å². The van der Waals surface area contributed by atoms with Crippen molar-refractivity contribution in [3.05, 3.63) is 34.5 Å². The Balaban J connectivity index is 2.23. The first kappa shape index (κ1) is 16.1. The number of hydrogen-bond donors (Lipinski definition) is 2. The lowest BCUT2D eigenvalue weighted by atomic mass is 10.1. The van der Waals surface area contributed by atoms with Crippen LogP contribution in [-0.4, -0.2) is 22.4 Å². The average molecular weight is 365 g/mol. The largest absolute Gasteiger partial charge is 0.586 e. The van der Waals surface area contributed by atoms with E-state index >= 15 is 0 Å². The van der Waals surface area contributed by atoms with Crippen LogP contribution in [0.25, 0.3) is 11.3 Å². The minimum Gasteiger partial charge on any atom is -0.476 e. The number of nitrogen functional groups attached to an aromatic ring is 1. The number of pyridine rings is 1. The van der Waals surface area contributed by atoms with Gasteiger partial charge in [0.05, 0.1) is 10.7 Å². The summed E-state index contributed by atoms with van der Waals surface area (Å²) in [6, 6.07) is 1.22. The summed E-state index contributed by atoms with van der Waals surface area (Å²) in [7, 11) is 0. The second-order valence-electron chi connectivity index (χ2n) is 4.60. The maximum Gasteiger partial charge on any atom is 0.586 e. The molecule has 6 nitrogen and oxygen atoms in total. The minimum atomic E-state index is -4.01. The molecular formula is C13H5ClF4N2O4. The van der Waals surface area contributed by atoms with E-state index in [1.807, 2.05) is 0 Å². The van der Waals surface area contributed by atoms with Gasteiger partial charge in [0.15, 0.2) is 23.0 Å². The van der Waals surface area contributed by atoms with E-state index in [0.717, 1.165) is 0 Å². The van der Waals surface area contributed by atoms with Gasteiger partial charge in [-0.1, -0.05) is 11.6 Å². The van der Waals surface area contributed by atoms with E-state index < -0.39 is 63.1 Å². The molecule has 0 fully saturated rings. The highest BCUT2D eigenvalue weighted by molar-refractivity contribution is 6.35. The van der Waals surface area contributed by atoms with Crippen molar-refractivity contribution in [2.75, 3.05) is 5.73 Å². The maximum atomic E-state index is 14.2. The van der Waals surface area contributed by atoms with Gasteiger partial charge in [-0.25, -0.2) is 18.6 Å². The Morgan fingerprint density at radius 3 is 2.42 bits per heavy atom. The van der Waals surface area contributed by atoms with Gasteiger partial charge in [-0.3, -0.25) is 0 Å². The van der Waals surface area contributed by atoms with E-state index in [-0.39, 0.29) is 0 Å². The van der Waals surface area contributed by atoms with Crippen LogP contribution in [0.4, 0.5) is 23.2 Å². The molecule has 126 valence electrons. The number of alkyl halides is 2. The zero-order valence-electron chi connectivity index (χ0n) is 11.2. The molecule has 3 N–H and O–H groups in total. The summed E-state index contributed by atoms with van der Waals surface area (Å²) in [6.45, 7) is 0. The molecule has 0 amide bonds. The van der Waals surface area contributed by atoms with Crippen LogP contribution in [0.2, 0.25) is 5.02 Å². The molecule has 1 aliphatic heterocycles. The molecule has 2 heterocycles. The van der Waals surface area contributed by atoms with Crippen LogP contribution in [0.3, 0.4) is 0 Å². The molecule has 0 saturated heterocycles. The van der Waals surface area contributed by atoms with E-state index in [4.69, 9.17) is 22.4 Å². The molecule has 1 aliphatic rings. The van der Waals surface area contributed by atoms with Crippen LogP contribution in [0, 0.1) is 11.6 Å². The van der Waals surface area contributed by atoms with Gasteiger partial charge in [-0.15, -0.1) is 8.78 Å². The van der Waals surface area contributed by atoms with Gasteiger partial charge in [0, 0.05) is 11.6 Å². The van der Waals surface area contributed by atoms with Crippen molar-refractivity contribution >= 4 is 23.3 Å². The van der Waals surface area contributed by atoms with Crippen LogP contribution in [0.15, 0.2) is 12.1 Å². The third-order valence-electron chi connectivity index (χ3n) is 3.06. The third-order valence-corrected chi connectivity index (χ3v) is 3.44. The predicted octanol–water partition coefficient (Wildman–Crippen LogP) is 3.28. The van der Waals surface area contributed by atoms with Gasteiger partial charge in [-0.05, 0) is 6.07 Å². The van der Waals surface area contributed by atoms with Gasteiger partial charge in [-0.2, -0.15) is 0 Å². The van der Waals surface area contributed by atoms with Crippen molar-refractivity contribution in [1.29, 1.82) is 0 Å². The third kappa shape index (κ3) is 2.44. The fourth-order valence-corrected chi connectivity index (χ4v) is 2.24. The maximum absolute atomic E-state index is 14.2. The first-order chi connectivity index (χ1) is 11.1.